The third-order valence-electron chi connectivity index (χ3n) is 11.8. The highest BCUT2D eigenvalue weighted by Crippen LogP contribution is 2.57. The van der Waals surface area contributed by atoms with Crippen molar-refractivity contribution in [2.24, 2.45) is 0 Å². The van der Waals surface area contributed by atoms with E-state index in [-0.39, 0.29) is 0 Å². The normalized spacial score (nSPS) is 12.7. The lowest BCUT2D eigenvalue weighted by atomic mass is 9.67. The van der Waals surface area contributed by atoms with Gasteiger partial charge in [-0.1, -0.05) is 176 Å². The highest BCUT2D eigenvalue weighted by Gasteiger charge is 2.46. The van der Waals surface area contributed by atoms with Gasteiger partial charge in [-0.2, -0.15) is 0 Å². The van der Waals surface area contributed by atoms with E-state index in [0.29, 0.717) is 0 Å². The van der Waals surface area contributed by atoms with Crippen molar-refractivity contribution in [1.82, 2.24) is 4.57 Å². The van der Waals surface area contributed by atoms with E-state index in [1.165, 1.54) is 55.2 Å². The Hall–Kier alpha value is -7.42. The summed E-state index contributed by atoms with van der Waals surface area (Å²) in [7, 11) is 0. The summed E-state index contributed by atoms with van der Waals surface area (Å²) < 4.78 is 2.41. The molecule has 0 N–H and O–H groups in total. The minimum absolute atomic E-state index is 0.512. The van der Waals surface area contributed by atoms with E-state index in [0.717, 1.165) is 33.9 Å². The van der Waals surface area contributed by atoms with E-state index in [4.69, 9.17) is 0 Å². The fourth-order valence-electron chi connectivity index (χ4n) is 9.47. The summed E-state index contributed by atoms with van der Waals surface area (Å²) >= 11 is 0. The highest BCUT2D eigenvalue weighted by molar-refractivity contribution is 6.13. The third kappa shape index (κ3) is 5.11. The first-order valence-corrected chi connectivity index (χ1v) is 19.7. The zero-order chi connectivity index (χ0) is 37.8. The van der Waals surface area contributed by atoms with E-state index >= 15 is 0 Å². The van der Waals surface area contributed by atoms with Gasteiger partial charge in [0.1, 0.15) is 0 Å². The Bertz CT molecular complexity index is 3000. The molecule has 0 spiro atoms. The van der Waals surface area contributed by atoms with Crippen LogP contribution in [0.25, 0.3) is 49.7 Å². The van der Waals surface area contributed by atoms with Crippen molar-refractivity contribution >= 4 is 38.9 Å². The van der Waals surface area contributed by atoms with Crippen LogP contribution in [0.1, 0.15) is 22.3 Å². The number of hydrogen-bond donors (Lipinski definition) is 0. The average molecular weight is 727 g/mol. The van der Waals surface area contributed by atoms with Crippen molar-refractivity contribution in [3.8, 4) is 27.9 Å². The molecule has 268 valence electrons. The van der Waals surface area contributed by atoms with Crippen molar-refractivity contribution in [3.05, 3.63) is 253 Å². The second kappa shape index (κ2) is 13.4. The van der Waals surface area contributed by atoms with Gasteiger partial charge in [0.25, 0.3) is 0 Å². The molecule has 1 aliphatic carbocycles. The molecule has 1 aliphatic rings. The summed E-state index contributed by atoms with van der Waals surface area (Å²) in [4.78, 5) is 2.47. The summed E-state index contributed by atoms with van der Waals surface area (Å²) in [6, 6.07) is 84.3. The molecule has 0 saturated heterocycles. The molecule has 0 aliphatic heterocycles. The van der Waals surface area contributed by atoms with Crippen molar-refractivity contribution in [1.29, 1.82) is 0 Å². The molecule has 0 amide bonds. The lowest BCUT2D eigenvalue weighted by molar-refractivity contribution is 0.768. The van der Waals surface area contributed by atoms with Crippen LogP contribution in [0.15, 0.2) is 231 Å². The zero-order valence-electron chi connectivity index (χ0n) is 31.3. The monoisotopic (exact) mass is 726 g/mol. The van der Waals surface area contributed by atoms with Crippen LogP contribution in [0.2, 0.25) is 0 Å². The molecule has 0 unspecified atom stereocenters. The van der Waals surface area contributed by atoms with Crippen molar-refractivity contribution in [3.63, 3.8) is 0 Å². The molecule has 1 aromatic heterocycles. The minimum atomic E-state index is -0.512. The second-order valence-corrected chi connectivity index (χ2v) is 14.9. The first-order chi connectivity index (χ1) is 28.3. The minimum Gasteiger partial charge on any atom is -0.310 e. The molecule has 9 aromatic carbocycles. The van der Waals surface area contributed by atoms with Gasteiger partial charge in [0.2, 0.25) is 0 Å². The Kier molecular flexibility index (Phi) is 7.75. The van der Waals surface area contributed by atoms with E-state index in [2.05, 4.69) is 240 Å². The van der Waals surface area contributed by atoms with Crippen LogP contribution >= 0.6 is 0 Å². The van der Waals surface area contributed by atoms with Crippen LogP contribution < -0.4 is 4.90 Å². The fraction of sp³-hybridized carbons (Fsp3) is 0.0182. The standard InChI is InChI=1S/C55H38N2/c1-6-20-39(21-7-1)48-37-54-49(47-31-17-19-33-52(47)57(54)43-28-14-5-15-29-43)38-53(48)56(42-26-12-4-13-27-42)44-34-35-46-45-30-16-18-32-50(45)55(51(46)36-44,40-22-8-2-9-23-40)41-24-10-3-11-25-41/h1-38H. The molecule has 57 heavy (non-hydrogen) atoms. The van der Waals surface area contributed by atoms with Crippen LogP contribution in [-0.4, -0.2) is 4.57 Å². The lowest BCUT2D eigenvalue weighted by Crippen LogP contribution is -2.28. The number of fused-ring (bicyclic) bond motifs is 6. The number of anilines is 3. The van der Waals surface area contributed by atoms with Crippen LogP contribution in [0, 0.1) is 0 Å². The number of nitrogens with zero attached hydrogens (tertiary/aromatic N) is 2. The first kappa shape index (κ1) is 33.0. The molecule has 2 heteroatoms. The van der Waals surface area contributed by atoms with Gasteiger partial charge >= 0.3 is 0 Å². The largest absolute Gasteiger partial charge is 0.310 e. The third-order valence-corrected chi connectivity index (χ3v) is 11.8. The van der Waals surface area contributed by atoms with Crippen LogP contribution in [0.4, 0.5) is 17.1 Å². The zero-order valence-corrected chi connectivity index (χ0v) is 31.3. The maximum atomic E-state index is 2.47. The Morgan fingerprint density at radius 2 is 0.912 bits per heavy atom. The average Bonchev–Trinajstić information content (AvgIpc) is 3.78. The maximum Gasteiger partial charge on any atom is 0.0714 e. The molecular formula is C55H38N2. The SMILES string of the molecule is c1ccc(-c2cc3c(cc2N(c2ccccc2)c2ccc4c(c2)C(c2ccccc2)(c2ccccc2)c2ccccc2-4)c2ccccc2n3-c2ccccc2)cc1. The van der Waals surface area contributed by atoms with Gasteiger partial charge in [0.05, 0.1) is 22.1 Å². The van der Waals surface area contributed by atoms with E-state index < -0.39 is 5.41 Å². The van der Waals surface area contributed by atoms with Gasteiger partial charge in [-0.25, -0.2) is 0 Å². The first-order valence-electron chi connectivity index (χ1n) is 19.7. The molecule has 10 aromatic rings. The van der Waals surface area contributed by atoms with E-state index in [9.17, 15) is 0 Å². The summed E-state index contributed by atoms with van der Waals surface area (Å²) in [5, 5.41) is 2.43. The number of hydrogen-bond acceptors (Lipinski definition) is 1. The van der Waals surface area contributed by atoms with Gasteiger partial charge in [-0.05, 0) is 93.5 Å². The summed E-state index contributed by atoms with van der Waals surface area (Å²) in [5.41, 5.74) is 16.3. The van der Waals surface area contributed by atoms with Gasteiger partial charge in [-0.15, -0.1) is 0 Å². The Morgan fingerprint density at radius 3 is 1.61 bits per heavy atom. The van der Waals surface area contributed by atoms with Crippen LogP contribution in [-0.2, 0) is 5.41 Å². The number of benzene rings is 9. The number of para-hydroxylation sites is 3. The Morgan fingerprint density at radius 1 is 0.351 bits per heavy atom. The summed E-state index contributed by atoms with van der Waals surface area (Å²) in [6.45, 7) is 0. The summed E-state index contributed by atoms with van der Waals surface area (Å²) in [6.07, 6.45) is 0. The molecule has 1 heterocycles. The van der Waals surface area contributed by atoms with Gasteiger partial charge in [-0.3, -0.25) is 0 Å². The van der Waals surface area contributed by atoms with Crippen LogP contribution in [0.3, 0.4) is 0 Å². The van der Waals surface area contributed by atoms with Gasteiger partial charge < -0.3 is 9.47 Å². The van der Waals surface area contributed by atoms with Gasteiger partial charge in [0.15, 0.2) is 0 Å². The van der Waals surface area contributed by atoms with Crippen molar-refractivity contribution in [2.45, 2.75) is 5.41 Å². The van der Waals surface area contributed by atoms with Crippen molar-refractivity contribution < 1.29 is 0 Å². The number of aromatic nitrogens is 1. The predicted molar refractivity (Wildman–Crippen MR) is 238 cm³/mol. The molecule has 11 rings (SSSR count). The molecule has 0 fully saturated rings. The quantitative estimate of drug-likeness (QED) is 0.159. The molecule has 0 radical (unpaired) electrons. The fourth-order valence-corrected chi connectivity index (χ4v) is 9.47. The van der Waals surface area contributed by atoms with E-state index in [1.54, 1.807) is 0 Å². The molecular weight excluding hydrogens is 689 g/mol. The topological polar surface area (TPSA) is 8.17 Å². The smallest absolute Gasteiger partial charge is 0.0714 e. The predicted octanol–water partition coefficient (Wildman–Crippen LogP) is 14.3. The highest BCUT2D eigenvalue weighted by atomic mass is 15.1. The lowest BCUT2D eigenvalue weighted by Gasteiger charge is -2.35. The summed E-state index contributed by atoms with van der Waals surface area (Å²) in [5.74, 6) is 0. The van der Waals surface area contributed by atoms with Crippen LogP contribution in [0.5, 0.6) is 0 Å². The van der Waals surface area contributed by atoms with Crippen molar-refractivity contribution in [2.75, 3.05) is 4.90 Å². The maximum absolute atomic E-state index is 2.47. The van der Waals surface area contributed by atoms with Gasteiger partial charge in [0, 0.05) is 33.4 Å². The number of rotatable bonds is 7. The van der Waals surface area contributed by atoms with E-state index in [1.807, 2.05) is 0 Å². The Labute approximate surface area is 333 Å². The molecule has 0 saturated carbocycles. The Balaban J connectivity index is 1.24. The molecule has 2 nitrogen and oxygen atoms in total. The molecule has 0 bridgehead atoms. The second-order valence-electron chi connectivity index (χ2n) is 14.9. The molecule has 0 atom stereocenters.